The standard InChI is InChI=1S/C18H22N4OS/c23-18(20-19-15-17-7-4-14-24-17)8-9-21-10-12-22(13-11-21)16-5-2-1-3-6-16/h1-7,14-15H,8-13H2,(H,20,23)/p+1/b19-15-. The van der Waals surface area contributed by atoms with Crippen molar-refractivity contribution >= 4 is 29.1 Å². The van der Waals surface area contributed by atoms with Crippen molar-refractivity contribution in [2.24, 2.45) is 5.10 Å². The van der Waals surface area contributed by atoms with Crippen LogP contribution >= 0.6 is 11.3 Å². The molecule has 24 heavy (non-hydrogen) atoms. The van der Waals surface area contributed by atoms with Crippen LogP contribution < -0.4 is 15.2 Å². The van der Waals surface area contributed by atoms with Crippen molar-refractivity contribution in [2.75, 3.05) is 37.6 Å². The molecule has 6 heteroatoms. The van der Waals surface area contributed by atoms with Gasteiger partial charge in [-0.3, -0.25) is 4.79 Å². The average molecular weight is 343 g/mol. The van der Waals surface area contributed by atoms with E-state index in [-0.39, 0.29) is 5.91 Å². The Morgan fingerprint density at radius 1 is 1.21 bits per heavy atom. The number of carbonyl (C=O) groups is 1. The number of quaternary nitrogens is 1. The minimum absolute atomic E-state index is 0.0132. The number of nitrogens with one attached hydrogen (secondary N) is 2. The van der Waals surface area contributed by atoms with Crippen molar-refractivity contribution in [2.45, 2.75) is 6.42 Å². The molecule has 1 saturated heterocycles. The fourth-order valence-corrected chi connectivity index (χ4v) is 3.43. The van der Waals surface area contributed by atoms with Gasteiger partial charge in [0.15, 0.2) is 0 Å². The highest BCUT2D eigenvalue weighted by molar-refractivity contribution is 7.11. The van der Waals surface area contributed by atoms with E-state index >= 15 is 0 Å². The zero-order valence-corrected chi connectivity index (χ0v) is 14.5. The SMILES string of the molecule is O=C(CC[NH+]1CCN(c2ccccc2)CC1)N/N=C\c1cccs1. The predicted octanol–water partition coefficient (Wildman–Crippen LogP) is 0.993. The van der Waals surface area contributed by atoms with Crippen molar-refractivity contribution in [3.8, 4) is 0 Å². The number of piperazine rings is 1. The van der Waals surface area contributed by atoms with Gasteiger partial charge in [-0.2, -0.15) is 5.10 Å². The Kier molecular flexibility index (Phi) is 5.98. The molecule has 1 aliphatic rings. The Balaban J connectivity index is 1.35. The molecule has 5 nitrogen and oxygen atoms in total. The van der Waals surface area contributed by atoms with Crippen LogP contribution in [-0.2, 0) is 4.79 Å². The minimum Gasteiger partial charge on any atom is -0.360 e. The van der Waals surface area contributed by atoms with Gasteiger partial charge >= 0.3 is 0 Å². The van der Waals surface area contributed by atoms with E-state index in [0.29, 0.717) is 6.42 Å². The molecule has 0 radical (unpaired) electrons. The van der Waals surface area contributed by atoms with Crippen LogP contribution in [0.2, 0.25) is 0 Å². The lowest BCUT2D eigenvalue weighted by Crippen LogP contribution is -3.15. The summed E-state index contributed by atoms with van der Waals surface area (Å²) in [5.41, 5.74) is 3.90. The van der Waals surface area contributed by atoms with Crippen molar-refractivity contribution < 1.29 is 9.69 Å². The molecule has 2 aromatic rings. The zero-order chi connectivity index (χ0) is 16.6. The molecule has 0 atom stereocenters. The van der Waals surface area contributed by atoms with E-state index in [2.05, 4.69) is 39.7 Å². The Bertz CT molecular complexity index is 649. The number of anilines is 1. The molecule has 0 bridgehead atoms. The molecule has 2 heterocycles. The molecular weight excluding hydrogens is 320 g/mol. The number of thiophene rings is 1. The first-order valence-electron chi connectivity index (χ1n) is 8.30. The molecule has 1 amide bonds. The van der Waals surface area contributed by atoms with Crippen LogP contribution in [0.25, 0.3) is 0 Å². The first-order valence-corrected chi connectivity index (χ1v) is 9.18. The first-order chi connectivity index (χ1) is 11.8. The van der Waals surface area contributed by atoms with Crippen molar-refractivity contribution in [1.82, 2.24) is 5.43 Å². The second-order valence-electron chi connectivity index (χ2n) is 5.88. The van der Waals surface area contributed by atoms with Crippen LogP contribution in [0, 0.1) is 0 Å². The van der Waals surface area contributed by atoms with Crippen LogP contribution in [0.3, 0.4) is 0 Å². The Labute approximate surface area is 146 Å². The quantitative estimate of drug-likeness (QED) is 0.607. The zero-order valence-electron chi connectivity index (χ0n) is 13.6. The molecule has 126 valence electrons. The third kappa shape index (κ3) is 4.91. The van der Waals surface area contributed by atoms with Gasteiger partial charge in [0.2, 0.25) is 5.91 Å². The highest BCUT2D eigenvalue weighted by Crippen LogP contribution is 2.12. The molecule has 0 saturated carbocycles. The van der Waals surface area contributed by atoms with Gasteiger partial charge in [-0.25, -0.2) is 5.43 Å². The predicted molar refractivity (Wildman–Crippen MR) is 98.9 cm³/mol. The Hall–Kier alpha value is -2.18. The van der Waals surface area contributed by atoms with E-state index in [1.807, 2.05) is 23.6 Å². The Morgan fingerprint density at radius 2 is 2.00 bits per heavy atom. The normalized spacial score (nSPS) is 15.8. The third-order valence-corrected chi connectivity index (χ3v) is 5.03. The van der Waals surface area contributed by atoms with E-state index in [1.165, 1.54) is 10.6 Å². The number of amides is 1. The van der Waals surface area contributed by atoms with Crippen molar-refractivity contribution in [3.05, 3.63) is 52.7 Å². The first kappa shape index (κ1) is 16.7. The van der Waals surface area contributed by atoms with Crippen molar-refractivity contribution in [1.29, 1.82) is 0 Å². The fourth-order valence-electron chi connectivity index (χ4n) is 2.85. The van der Waals surface area contributed by atoms with Crippen molar-refractivity contribution in [3.63, 3.8) is 0 Å². The number of hydrogen-bond acceptors (Lipinski definition) is 4. The number of hydrazone groups is 1. The van der Waals surface area contributed by atoms with E-state index in [0.717, 1.165) is 37.6 Å². The number of hydrogen-bond donors (Lipinski definition) is 2. The van der Waals surface area contributed by atoms with Crippen LogP contribution in [0.5, 0.6) is 0 Å². The Morgan fingerprint density at radius 3 is 2.71 bits per heavy atom. The molecule has 1 aromatic carbocycles. The van der Waals surface area contributed by atoms with Gasteiger partial charge in [-0.1, -0.05) is 24.3 Å². The molecule has 1 aromatic heterocycles. The largest absolute Gasteiger partial charge is 0.360 e. The maximum atomic E-state index is 11.9. The fraction of sp³-hybridized carbons (Fsp3) is 0.333. The summed E-state index contributed by atoms with van der Waals surface area (Å²) in [4.78, 5) is 16.8. The van der Waals surface area contributed by atoms with E-state index in [9.17, 15) is 4.79 Å². The summed E-state index contributed by atoms with van der Waals surface area (Å²) in [6, 6.07) is 14.5. The van der Waals surface area contributed by atoms with Gasteiger partial charge in [-0.15, -0.1) is 11.3 Å². The smallest absolute Gasteiger partial charge is 0.245 e. The van der Waals surface area contributed by atoms with Gasteiger partial charge in [0.05, 0.1) is 45.4 Å². The summed E-state index contributed by atoms with van der Waals surface area (Å²) in [5, 5.41) is 5.99. The topological polar surface area (TPSA) is 49.1 Å². The second kappa shape index (κ2) is 8.61. The van der Waals surface area contributed by atoms with Crippen LogP contribution in [-0.4, -0.2) is 44.8 Å². The number of benzene rings is 1. The van der Waals surface area contributed by atoms with Gasteiger partial charge in [-0.05, 0) is 23.6 Å². The van der Waals surface area contributed by atoms with E-state index in [4.69, 9.17) is 0 Å². The summed E-state index contributed by atoms with van der Waals surface area (Å²) in [7, 11) is 0. The summed E-state index contributed by atoms with van der Waals surface area (Å²) in [6.45, 7) is 5.08. The molecule has 3 rings (SSSR count). The van der Waals surface area contributed by atoms with Gasteiger partial charge < -0.3 is 9.80 Å². The average Bonchev–Trinajstić information content (AvgIpc) is 3.15. The monoisotopic (exact) mass is 343 g/mol. The maximum absolute atomic E-state index is 11.9. The molecule has 2 N–H and O–H groups in total. The number of carbonyl (C=O) groups excluding carboxylic acids is 1. The molecule has 0 aliphatic carbocycles. The summed E-state index contributed by atoms with van der Waals surface area (Å²) < 4.78 is 0. The van der Waals surface area contributed by atoms with Gasteiger partial charge in [0.1, 0.15) is 0 Å². The molecule has 0 spiro atoms. The van der Waals surface area contributed by atoms with Crippen LogP contribution in [0.1, 0.15) is 11.3 Å². The lowest BCUT2D eigenvalue weighted by atomic mass is 10.2. The summed E-state index contributed by atoms with van der Waals surface area (Å²) >= 11 is 1.60. The molecule has 0 unspecified atom stereocenters. The second-order valence-corrected chi connectivity index (χ2v) is 6.86. The van der Waals surface area contributed by atoms with Crippen LogP contribution in [0.4, 0.5) is 5.69 Å². The molecule has 1 fully saturated rings. The molecule has 1 aliphatic heterocycles. The van der Waals surface area contributed by atoms with E-state index in [1.54, 1.807) is 17.6 Å². The minimum atomic E-state index is -0.0132. The lowest BCUT2D eigenvalue weighted by molar-refractivity contribution is -0.900. The summed E-state index contributed by atoms with van der Waals surface area (Å²) in [5.74, 6) is -0.0132. The van der Waals surface area contributed by atoms with Crippen LogP contribution in [0.15, 0.2) is 52.9 Å². The number of nitrogens with zero attached hydrogens (tertiary/aromatic N) is 2. The van der Waals surface area contributed by atoms with Gasteiger partial charge in [0.25, 0.3) is 0 Å². The number of rotatable bonds is 6. The summed E-state index contributed by atoms with van der Waals surface area (Å²) in [6.07, 6.45) is 2.20. The highest BCUT2D eigenvalue weighted by Gasteiger charge is 2.20. The lowest BCUT2D eigenvalue weighted by Gasteiger charge is -2.33. The third-order valence-electron chi connectivity index (χ3n) is 4.22. The highest BCUT2D eigenvalue weighted by atomic mass is 32.1. The maximum Gasteiger partial charge on any atom is 0.245 e. The molecular formula is C18H23N4OS+. The number of para-hydroxylation sites is 1. The van der Waals surface area contributed by atoms with Gasteiger partial charge in [0, 0.05) is 10.6 Å². The van der Waals surface area contributed by atoms with E-state index < -0.39 is 0 Å².